The first-order valence-corrected chi connectivity index (χ1v) is 6.94. The number of aryl methyl sites for hydroxylation is 1. The normalized spacial score (nSPS) is 25.0. The highest BCUT2D eigenvalue weighted by atomic mass is 16.5. The smallest absolute Gasteiger partial charge is 0.137 e. The van der Waals surface area contributed by atoms with E-state index in [0.717, 1.165) is 36.2 Å². The van der Waals surface area contributed by atoms with E-state index in [9.17, 15) is 0 Å². The molecule has 1 aromatic carbocycles. The summed E-state index contributed by atoms with van der Waals surface area (Å²) in [4.78, 5) is 0. The van der Waals surface area contributed by atoms with Crippen molar-refractivity contribution < 1.29 is 9.15 Å². The van der Waals surface area contributed by atoms with Crippen molar-refractivity contribution in [3.63, 3.8) is 0 Å². The Morgan fingerprint density at radius 3 is 2.84 bits per heavy atom. The Morgan fingerprint density at radius 1 is 1.37 bits per heavy atom. The van der Waals surface area contributed by atoms with Gasteiger partial charge in [0, 0.05) is 12.0 Å². The summed E-state index contributed by atoms with van der Waals surface area (Å²) in [5, 5.41) is 4.53. The molecule has 19 heavy (non-hydrogen) atoms. The molecule has 1 fully saturated rings. The molecule has 0 spiro atoms. The van der Waals surface area contributed by atoms with E-state index in [1.54, 1.807) is 0 Å². The number of furan rings is 1. The fourth-order valence-corrected chi connectivity index (χ4v) is 3.15. The van der Waals surface area contributed by atoms with Crippen molar-refractivity contribution in [3.05, 3.63) is 35.6 Å². The number of ether oxygens (including phenoxy) is 1. The van der Waals surface area contributed by atoms with Crippen LogP contribution < -0.4 is 5.32 Å². The average Bonchev–Trinajstić information content (AvgIpc) is 2.98. The summed E-state index contributed by atoms with van der Waals surface area (Å²) in [6.07, 6.45) is 2.18. The molecule has 2 unspecified atom stereocenters. The van der Waals surface area contributed by atoms with Crippen LogP contribution in [0.4, 0.5) is 0 Å². The number of fused-ring (bicyclic) bond motifs is 1. The van der Waals surface area contributed by atoms with Gasteiger partial charge in [-0.05, 0) is 45.4 Å². The highest BCUT2D eigenvalue weighted by molar-refractivity contribution is 5.81. The molecule has 1 saturated heterocycles. The van der Waals surface area contributed by atoms with Gasteiger partial charge < -0.3 is 14.5 Å². The van der Waals surface area contributed by atoms with Crippen LogP contribution in [-0.2, 0) is 4.74 Å². The Hall–Kier alpha value is -1.32. The fourth-order valence-electron chi connectivity index (χ4n) is 3.15. The van der Waals surface area contributed by atoms with Crippen molar-refractivity contribution >= 4 is 11.0 Å². The highest BCUT2D eigenvalue weighted by Gasteiger charge is 2.40. The Kier molecular flexibility index (Phi) is 3.11. The molecule has 1 aliphatic rings. The van der Waals surface area contributed by atoms with E-state index >= 15 is 0 Å². The van der Waals surface area contributed by atoms with Crippen molar-refractivity contribution in [2.24, 2.45) is 0 Å². The van der Waals surface area contributed by atoms with Crippen LogP contribution in [0.25, 0.3) is 11.0 Å². The van der Waals surface area contributed by atoms with Gasteiger partial charge in [-0.1, -0.05) is 18.2 Å². The third-order valence-corrected chi connectivity index (χ3v) is 4.19. The predicted molar refractivity (Wildman–Crippen MR) is 76.3 cm³/mol. The first-order chi connectivity index (χ1) is 9.14. The maximum atomic E-state index is 6.09. The molecule has 0 bridgehead atoms. The summed E-state index contributed by atoms with van der Waals surface area (Å²) in [5.74, 6) is 0.969. The minimum Gasteiger partial charge on any atom is -0.459 e. The van der Waals surface area contributed by atoms with Crippen LogP contribution in [0.15, 0.2) is 28.7 Å². The minimum absolute atomic E-state index is 0.0989. The lowest BCUT2D eigenvalue weighted by Crippen LogP contribution is -2.39. The highest BCUT2D eigenvalue weighted by Crippen LogP contribution is 2.39. The Bertz CT molecular complexity index is 581. The number of rotatable bonds is 3. The maximum absolute atomic E-state index is 6.09. The molecule has 0 aliphatic carbocycles. The zero-order valence-electron chi connectivity index (χ0n) is 11.8. The summed E-state index contributed by atoms with van der Waals surface area (Å²) in [7, 11) is 1.97. The number of hydrogen-bond donors (Lipinski definition) is 1. The number of nitrogens with one attached hydrogen (secondary N) is 1. The lowest BCUT2D eigenvalue weighted by atomic mass is 9.91. The van der Waals surface area contributed by atoms with Crippen molar-refractivity contribution in [1.29, 1.82) is 0 Å². The van der Waals surface area contributed by atoms with Crippen LogP contribution in [0.2, 0.25) is 0 Å². The number of benzene rings is 1. The Morgan fingerprint density at radius 2 is 2.21 bits per heavy atom. The second-order valence-corrected chi connectivity index (χ2v) is 5.63. The molecule has 0 saturated carbocycles. The molecule has 1 N–H and O–H groups in total. The zero-order chi connectivity index (χ0) is 13.5. The van der Waals surface area contributed by atoms with Crippen molar-refractivity contribution in [2.75, 3.05) is 13.7 Å². The lowest BCUT2D eigenvalue weighted by Gasteiger charge is -2.31. The van der Waals surface area contributed by atoms with Crippen LogP contribution >= 0.6 is 0 Å². The van der Waals surface area contributed by atoms with E-state index in [-0.39, 0.29) is 11.6 Å². The topological polar surface area (TPSA) is 34.4 Å². The van der Waals surface area contributed by atoms with E-state index in [1.807, 2.05) is 7.05 Å². The largest absolute Gasteiger partial charge is 0.459 e. The molecular weight excluding hydrogens is 238 g/mol. The first-order valence-electron chi connectivity index (χ1n) is 6.94. The standard InChI is InChI=1S/C16H21NO2/c1-11-6-4-7-12-10-13(19-14(11)12)15(17-3)16(2)8-5-9-18-16/h4,6-7,10,15,17H,5,8-9H2,1-3H3. The predicted octanol–water partition coefficient (Wildman–Crippen LogP) is 3.57. The van der Waals surface area contributed by atoms with Gasteiger partial charge in [0.05, 0.1) is 11.6 Å². The molecular formula is C16H21NO2. The second-order valence-electron chi connectivity index (χ2n) is 5.63. The van der Waals surface area contributed by atoms with E-state index in [4.69, 9.17) is 9.15 Å². The van der Waals surface area contributed by atoms with Crippen molar-refractivity contribution in [3.8, 4) is 0 Å². The molecule has 3 rings (SSSR count). The fraction of sp³-hybridized carbons (Fsp3) is 0.500. The lowest BCUT2D eigenvalue weighted by molar-refractivity contribution is -0.0156. The average molecular weight is 259 g/mol. The quantitative estimate of drug-likeness (QED) is 0.915. The minimum atomic E-state index is -0.170. The van der Waals surface area contributed by atoms with Crippen molar-refractivity contribution in [1.82, 2.24) is 5.32 Å². The third-order valence-electron chi connectivity index (χ3n) is 4.19. The van der Waals surface area contributed by atoms with Crippen LogP contribution in [0, 0.1) is 6.92 Å². The summed E-state index contributed by atoms with van der Waals surface area (Å²) >= 11 is 0. The van der Waals surface area contributed by atoms with Crippen LogP contribution in [-0.4, -0.2) is 19.3 Å². The second kappa shape index (κ2) is 4.66. The molecule has 0 amide bonds. The van der Waals surface area contributed by atoms with E-state index in [0.29, 0.717) is 0 Å². The van der Waals surface area contributed by atoms with Crippen LogP contribution in [0.1, 0.15) is 37.1 Å². The van der Waals surface area contributed by atoms with Gasteiger partial charge in [0.1, 0.15) is 11.3 Å². The number of likely N-dealkylation sites (N-methyl/N-ethyl adjacent to an activating group) is 1. The van der Waals surface area contributed by atoms with Crippen molar-refractivity contribution in [2.45, 2.75) is 38.3 Å². The molecule has 1 aromatic heterocycles. The zero-order valence-corrected chi connectivity index (χ0v) is 11.8. The van der Waals surface area contributed by atoms with Gasteiger partial charge in [-0.15, -0.1) is 0 Å². The summed E-state index contributed by atoms with van der Waals surface area (Å²) < 4.78 is 12.0. The Balaban J connectivity index is 2.04. The summed E-state index contributed by atoms with van der Waals surface area (Å²) in [5.41, 5.74) is 1.99. The molecule has 1 aliphatic heterocycles. The van der Waals surface area contributed by atoms with Gasteiger partial charge in [0.15, 0.2) is 0 Å². The van der Waals surface area contributed by atoms with Gasteiger partial charge in [0.2, 0.25) is 0 Å². The van der Waals surface area contributed by atoms with Gasteiger partial charge in [-0.3, -0.25) is 0 Å². The summed E-state index contributed by atoms with van der Waals surface area (Å²) in [6, 6.07) is 8.48. The summed E-state index contributed by atoms with van der Waals surface area (Å²) in [6.45, 7) is 5.09. The monoisotopic (exact) mass is 259 g/mol. The SMILES string of the molecule is CNC(c1cc2cccc(C)c2o1)C1(C)CCCO1. The van der Waals surface area contributed by atoms with Crippen LogP contribution in [0.3, 0.4) is 0 Å². The molecule has 2 aromatic rings. The van der Waals surface area contributed by atoms with E-state index in [1.165, 1.54) is 5.56 Å². The van der Waals surface area contributed by atoms with Gasteiger partial charge in [0.25, 0.3) is 0 Å². The molecule has 102 valence electrons. The maximum Gasteiger partial charge on any atom is 0.137 e. The van der Waals surface area contributed by atoms with E-state index < -0.39 is 0 Å². The number of hydrogen-bond acceptors (Lipinski definition) is 3. The molecule has 0 radical (unpaired) electrons. The molecule has 3 heteroatoms. The van der Waals surface area contributed by atoms with Gasteiger partial charge in [-0.25, -0.2) is 0 Å². The molecule has 2 atom stereocenters. The van der Waals surface area contributed by atoms with Gasteiger partial charge in [-0.2, -0.15) is 0 Å². The van der Waals surface area contributed by atoms with Crippen LogP contribution in [0.5, 0.6) is 0 Å². The van der Waals surface area contributed by atoms with E-state index in [2.05, 4.69) is 43.4 Å². The third kappa shape index (κ3) is 2.07. The molecule has 3 nitrogen and oxygen atoms in total. The Labute approximate surface area is 113 Å². The number of para-hydroxylation sites is 1. The molecule has 2 heterocycles. The van der Waals surface area contributed by atoms with Gasteiger partial charge >= 0.3 is 0 Å². The first kappa shape index (κ1) is 12.7.